The van der Waals surface area contributed by atoms with Gasteiger partial charge in [0, 0.05) is 12.4 Å². The van der Waals surface area contributed by atoms with Gasteiger partial charge in [-0.1, -0.05) is 11.6 Å². The van der Waals surface area contributed by atoms with Crippen LogP contribution in [0.1, 0.15) is 16.2 Å². The number of aromatic carboxylic acids is 1. The monoisotopic (exact) mass is 303 g/mol. The summed E-state index contributed by atoms with van der Waals surface area (Å²) in [5.41, 5.74) is 1.23. The van der Waals surface area contributed by atoms with Gasteiger partial charge in [-0.15, -0.1) is 10.2 Å². The summed E-state index contributed by atoms with van der Waals surface area (Å²) in [5.74, 6) is 0.197. The van der Waals surface area contributed by atoms with Crippen molar-refractivity contribution in [1.82, 2.24) is 19.6 Å². The molecule has 0 aliphatic heterocycles. The van der Waals surface area contributed by atoms with Gasteiger partial charge < -0.3 is 10.4 Å². The number of benzene rings is 1. The Labute approximate surface area is 124 Å². The number of anilines is 2. The van der Waals surface area contributed by atoms with Crippen LogP contribution in [0.5, 0.6) is 0 Å². The Morgan fingerprint density at radius 1 is 1.38 bits per heavy atom. The molecule has 7 nitrogen and oxygen atoms in total. The highest BCUT2D eigenvalue weighted by molar-refractivity contribution is 6.33. The first-order valence-electron chi connectivity index (χ1n) is 6.02. The van der Waals surface area contributed by atoms with Crippen LogP contribution >= 0.6 is 11.6 Å². The van der Waals surface area contributed by atoms with Crippen molar-refractivity contribution in [3.8, 4) is 0 Å². The Balaban J connectivity index is 2.01. The van der Waals surface area contributed by atoms with Gasteiger partial charge >= 0.3 is 5.97 Å². The molecule has 0 fully saturated rings. The lowest BCUT2D eigenvalue weighted by molar-refractivity contribution is 0.0697. The van der Waals surface area contributed by atoms with E-state index in [1.165, 1.54) is 12.1 Å². The number of carboxylic acids is 1. The van der Waals surface area contributed by atoms with Gasteiger partial charge in [0.1, 0.15) is 5.82 Å². The van der Waals surface area contributed by atoms with Gasteiger partial charge in [-0.3, -0.25) is 4.40 Å². The summed E-state index contributed by atoms with van der Waals surface area (Å²) in [6, 6.07) is 4.42. The number of hydrogen-bond donors (Lipinski definition) is 2. The number of aromatic nitrogens is 4. The molecule has 2 aromatic heterocycles. The van der Waals surface area contributed by atoms with Gasteiger partial charge in [-0.05, 0) is 25.1 Å². The van der Waals surface area contributed by atoms with Crippen molar-refractivity contribution in [1.29, 1.82) is 0 Å². The second kappa shape index (κ2) is 5.02. The number of aryl methyl sites for hydroxylation is 1. The van der Waals surface area contributed by atoms with E-state index in [0.29, 0.717) is 17.2 Å². The summed E-state index contributed by atoms with van der Waals surface area (Å²) in [4.78, 5) is 15.1. The Bertz CT molecular complexity index is 846. The second-order valence-corrected chi connectivity index (χ2v) is 4.75. The standard InChI is InChI=1S/C13H10ClN5O2/c1-7-17-18-12-11(15-4-5-19(7)12)16-10-3-2-8(13(20)21)6-9(10)14/h2-6H,1H3,(H,15,16)(H,20,21). The van der Waals surface area contributed by atoms with Gasteiger partial charge in [0.05, 0.1) is 16.3 Å². The van der Waals surface area contributed by atoms with E-state index in [0.717, 1.165) is 5.82 Å². The molecule has 0 unspecified atom stereocenters. The summed E-state index contributed by atoms with van der Waals surface area (Å²) in [6.45, 7) is 1.83. The first-order valence-corrected chi connectivity index (χ1v) is 6.40. The molecule has 3 rings (SSSR count). The Morgan fingerprint density at radius 2 is 2.19 bits per heavy atom. The minimum Gasteiger partial charge on any atom is -0.478 e. The molecule has 0 radical (unpaired) electrons. The molecular formula is C13H10ClN5O2. The van der Waals surface area contributed by atoms with Crippen molar-refractivity contribution in [3.05, 3.63) is 47.0 Å². The lowest BCUT2D eigenvalue weighted by Crippen LogP contribution is -2.01. The lowest BCUT2D eigenvalue weighted by atomic mass is 10.2. The third-order valence-electron chi connectivity index (χ3n) is 2.97. The molecule has 0 amide bonds. The molecule has 0 spiro atoms. The van der Waals surface area contributed by atoms with Crippen molar-refractivity contribution in [2.24, 2.45) is 0 Å². The predicted octanol–water partition coefficient (Wildman–Crippen LogP) is 2.53. The number of carboxylic acid groups (broad SMARTS) is 1. The van der Waals surface area contributed by atoms with Crippen molar-refractivity contribution >= 4 is 34.7 Å². The minimum atomic E-state index is -1.03. The maximum atomic E-state index is 10.9. The van der Waals surface area contributed by atoms with Crippen molar-refractivity contribution in [3.63, 3.8) is 0 Å². The van der Waals surface area contributed by atoms with Crippen molar-refractivity contribution in [2.45, 2.75) is 6.92 Å². The molecule has 106 valence electrons. The first-order chi connectivity index (χ1) is 10.1. The Hall–Kier alpha value is -2.67. The first kappa shape index (κ1) is 13.3. The molecule has 2 N–H and O–H groups in total. The number of halogens is 1. The number of nitrogens with zero attached hydrogens (tertiary/aromatic N) is 4. The van der Waals surface area contributed by atoms with Crippen LogP contribution in [0.4, 0.5) is 11.5 Å². The fourth-order valence-corrected chi connectivity index (χ4v) is 2.13. The van der Waals surface area contributed by atoms with Crippen LogP contribution in [0.2, 0.25) is 5.02 Å². The summed E-state index contributed by atoms with van der Waals surface area (Å²) < 4.78 is 1.79. The van der Waals surface area contributed by atoms with Gasteiger partial charge in [0.2, 0.25) is 5.65 Å². The van der Waals surface area contributed by atoms with Gasteiger partial charge in [-0.2, -0.15) is 0 Å². The zero-order valence-corrected chi connectivity index (χ0v) is 11.7. The maximum Gasteiger partial charge on any atom is 0.335 e. The molecule has 8 heteroatoms. The van der Waals surface area contributed by atoms with E-state index in [1.54, 1.807) is 22.9 Å². The molecule has 0 saturated carbocycles. The quantitative estimate of drug-likeness (QED) is 0.772. The van der Waals surface area contributed by atoms with E-state index in [9.17, 15) is 4.79 Å². The zero-order chi connectivity index (χ0) is 15.0. The maximum absolute atomic E-state index is 10.9. The third kappa shape index (κ3) is 2.38. The summed E-state index contributed by atoms with van der Waals surface area (Å²) in [5, 5.41) is 20.3. The number of nitrogens with one attached hydrogen (secondary N) is 1. The summed E-state index contributed by atoms with van der Waals surface area (Å²) >= 11 is 6.08. The van der Waals surface area contributed by atoms with Gasteiger partial charge in [-0.25, -0.2) is 9.78 Å². The van der Waals surface area contributed by atoms with Gasteiger partial charge in [0.15, 0.2) is 5.82 Å². The lowest BCUT2D eigenvalue weighted by Gasteiger charge is -2.08. The molecule has 0 saturated heterocycles. The molecular weight excluding hydrogens is 294 g/mol. The predicted molar refractivity (Wildman–Crippen MR) is 77.2 cm³/mol. The van der Waals surface area contributed by atoms with E-state index < -0.39 is 5.97 Å². The average molecular weight is 304 g/mol. The highest BCUT2D eigenvalue weighted by Crippen LogP contribution is 2.27. The van der Waals surface area contributed by atoms with Crippen LogP contribution in [0.15, 0.2) is 30.6 Å². The fourth-order valence-electron chi connectivity index (χ4n) is 1.91. The van der Waals surface area contributed by atoms with E-state index in [4.69, 9.17) is 16.7 Å². The van der Waals surface area contributed by atoms with Crippen LogP contribution < -0.4 is 5.32 Å². The van der Waals surface area contributed by atoms with Crippen LogP contribution in [-0.4, -0.2) is 30.7 Å². The SMILES string of the molecule is Cc1nnc2c(Nc3ccc(C(=O)O)cc3Cl)nccn12. The topological polar surface area (TPSA) is 92.4 Å². The molecule has 2 heterocycles. The molecule has 0 bridgehead atoms. The van der Waals surface area contributed by atoms with Gasteiger partial charge in [0.25, 0.3) is 0 Å². The third-order valence-corrected chi connectivity index (χ3v) is 3.28. The van der Waals surface area contributed by atoms with E-state index in [2.05, 4.69) is 20.5 Å². The normalized spacial score (nSPS) is 10.8. The second-order valence-electron chi connectivity index (χ2n) is 4.34. The molecule has 0 aliphatic carbocycles. The molecule has 0 aliphatic rings. The number of rotatable bonds is 3. The summed E-state index contributed by atoms with van der Waals surface area (Å²) in [7, 11) is 0. The van der Waals surface area contributed by atoms with E-state index in [-0.39, 0.29) is 10.6 Å². The van der Waals surface area contributed by atoms with Crippen LogP contribution in [-0.2, 0) is 0 Å². The smallest absolute Gasteiger partial charge is 0.335 e. The van der Waals surface area contributed by atoms with Crippen LogP contribution in [0.3, 0.4) is 0 Å². The zero-order valence-electron chi connectivity index (χ0n) is 10.9. The number of fused-ring (bicyclic) bond motifs is 1. The number of hydrogen-bond acceptors (Lipinski definition) is 5. The average Bonchev–Trinajstić information content (AvgIpc) is 2.84. The van der Waals surface area contributed by atoms with Crippen LogP contribution in [0, 0.1) is 6.92 Å². The summed E-state index contributed by atoms with van der Waals surface area (Å²) in [6.07, 6.45) is 3.37. The fraction of sp³-hybridized carbons (Fsp3) is 0.0769. The van der Waals surface area contributed by atoms with E-state index in [1.807, 2.05) is 6.92 Å². The Morgan fingerprint density at radius 3 is 2.90 bits per heavy atom. The molecule has 21 heavy (non-hydrogen) atoms. The highest BCUT2D eigenvalue weighted by atomic mass is 35.5. The molecule has 3 aromatic rings. The largest absolute Gasteiger partial charge is 0.478 e. The molecule has 1 aromatic carbocycles. The highest BCUT2D eigenvalue weighted by Gasteiger charge is 2.11. The Kier molecular flexibility index (Phi) is 3.19. The van der Waals surface area contributed by atoms with Crippen molar-refractivity contribution in [2.75, 3.05) is 5.32 Å². The number of carbonyl (C=O) groups is 1. The minimum absolute atomic E-state index is 0.120. The van der Waals surface area contributed by atoms with E-state index >= 15 is 0 Å². The molecule has 0 atom stereocenters. The van der Waals surface area contributed by atoms with Crippen LogP contribution in [0.25, 0.3) is 5.65 Å². The van der Waals surface area contributed by atoms with Crippen molar-refractivity contribution < 1.29 is 9.90 Å².